The quantitative estimate of drug-likeness (QED) is 0.547. The summed E-state index contributed by atoms with van der Waals surface area (Å²) in [6.45, 7) is 0. The van der Waals surface area contributed by atoms with Gasteiger partial charge in [0.05, 0.1) is 7.11 Å². The lowest BCUT2D eigenvalue weighted by atomic mass is 10.2. The summed E-state index contributed by atoms with van der Waals surface area (Å²) in [5.41, 5.74) is 2.44. The van der Waals surface area contributed by atoms with E-state index in [1.54, 1.807) is 0 Å². The molecule has 1 rings (SSSR count). The molecule has 0 aromatic rings. The second kappa shape index (κ2) is 2.98. The first-order valence-corrected chi connectivity index (χ1v) is 3.27. The largest absolute Gasteiger partial charge is 0.480 e. The summed E-state index contributed by atoms with van der Waals surface area (Å²) in [5, 5.41) is 8.57. The van der Waals surface area contributed by atoms with E-state index in [1.165, 1.54) is 7.11 Å². The van der Waals surface area contributed by atoms with Gasteiger partial charge in [-0.2, -0.15) is 5.48 Å². The molecule has 0 bridgehead atoms. The van der Waals surface area contributed by atoms with E-state index in [0.29, 0.717) is 0 Å². The second-order valence-corrected chi connectivity index (χ2v) is 2.48. The molecule has 1 aliphatic rings. The van der Waals surface area contributed by atoms with Crippen molar-refractivity contribution in [1.82, 2.24) is 5.48 Å². The van der Waals surface area contributed by atoms with Crippen LogP contribution >= 0.6 is 0 Å². The first kappa shape index (κ1) is 7.50. The van der Waals surface area contributed by atoms with E-state index in [4.69, 9.17) is 5.11 Å². The Hall–Kier alpha value is -0.610. The maximum absolute atomic E-state index is 10.4. The highest BCUT2D eigenvalue weighted by atomic mass is 16.6. The molecular weight excluding hydrogens is 134 g/mol. The van der Waals surface area contributed by atoms with Crippen molar-refractivity contribution < 1.29 is 14.7 Å². The molecule has 1 atom stereocenters. The number of hydroxylamine groups is 1. The minimum Gasteiger partial charge on any atom is -0.480 e. The van der Waals surface area contributed by atoms with Crippen LogP contribution in [0.5, 0.6) is 0 Å². The summed E-state index contributed by atoms with van der Waals surface area (Å²) in [4.78, 5) is 15.0. The normalized spacial score (nSPS) is 20.5. The van der Waals surface area contributed by atoms with Gasteiger partial charge in [-0.1, -0.05) is 0 Å². The molecule has 2 N–H and O–H groups in total. The third kappa shape index (κ3) is 1.68. The zero-order chi connectivity index (χ0) is 7.56. The average Bonchev–Trinajstić information content (AvgIpc) is 2.63. The minimum absolute atomic E-state index is 0.275. The molecule has 0 spiro atoms. The number of hydrogen-bond acceptors (Lipinski definition) is 3. The smallest absolute Gasteiger partial charge is 0.323 e. The molecule has 0 saturated heterocycles. The summed E-state index contributed by atoms with van der Waals surface area (Å²) >= 11 is 0. The van der Waals surface area contributed by atoms with Crippen molar-refractivity contribution in [2.24, 2.45) is 5.92 Å². The predicted octanol–water partition coefficient (Wildman–Crippen LogP) is 0.000600. The van der Waals surface area contributed by atoms with Crippen LogP contribution in [-0.2, 0) is 9.63 Å². The van der Waals surface area contributed by atoms with E-state index in [1.807, 2.05) is 0 Å². The third-order valence-corrected chi connectivity index (χ3v) is 1.60. The van der Waals surface area contributed by atoms with Crippen LogP contribution in [-0.4, -0.2) is 24.2 Å². The van der Waals surface area contributed by atoms with Crippen molar-refractivity contribution in [1.29, 1.82) is 0 Å². The van der Waals surface area contributed by atoms with Crippen molar-refractivity contribution in [3.8, 4) is 0 Å². The van der Waals surface area contributed by atoms with Crippen LogP contribution in [0.2, 0.25) is 0 Å². The van der Waals surface area contributed by atoms with Gasteiger partial charge in [0.25, 0.3) is 0 Å². The number of carboxylic acids is 1. The lowest BCUT2D eigenvalue weighted by Gasteiger charge is -2.09. The Labute approximate surface area is 59.1 Å². The van der Waals surface area contributed by atoms with Gasteiger partial charge in [-0.3, -0.25) is 4.79 Å². The first-order valence-electron chi connectivity index (χ1n) is 3.27. The van der Waals surface area contributed by atoms with Gasteiger partial charge >= 0.3 is 5.97 Å². The monoisotopic (exact) mass is 145 g/mol. The fourth-order valence-corrected chi connectivity index (χ4v) is 0.905. The average molecular weight is 145 g/mol. The third-order valence-electron chi connectivity index (χ3n) is 1.60. The van der Waals surface area contributed by atoms with Gasteiger partial charge in [0.15, 0.2) is 0 Å². The molecule has 0 radical (unpaired) electrons. The highest BCUT2D eigenvalue weighted by molar-refractivity contribution is 5.74. The number of nitrogens with one attached hydrogen (secondary N) is 1. The Kier molecular flexibility index (Phi) is 2.24. The molecule has 58 valence electrons. The van der Waals surface area contributed by atoms with Gasteiger partial charge in [0, 0.05) is 0 Å². The van der Waals surface area contributed by atoms with E-state index >= 15 is 0 Å². The highest BCUT2D eigenvalue weighted by Gasteiger charge is 2.36. The molecule has 0 aromatic carbocycles. The second-order valence-electron chi connectivity index (χ2n) is 2.48. The van der Waals surface area contributed by atoms with Crippen LogP contribution in [0, 0.1) is 5.92 Å². The van der Waals surface area contributed by atoms with Crippen molar-refractivity contribution in [3.63, 3.8) is 0 Å². The van der Waals surface area contributed by atoms with Crippen molar-refractivity contribution in [3.05, 3.63) is 0 Å². The number of hydrogen-bond donors (Lipinski definition) is 2. The first-order chi connectivity index (χ1) is 4.75. The van der Waals surface area contributed by atoms with Gasteiger partial charge in [0.2, 0.25) is 0 Å². The molecule has 4 nitrogen and oxygen atoms in total. The van der Waals surface area contributed by atoms with E-state index in [2.05, 4.69) is 10.3 Å². The number of carboxylic acid groups (broad SMARTS) is 1. The number of aliphatic carboxylic acids is 1. The van der Waals surface area contributed by atoms with Crippen LogP contribution in [0.4, 0.5) is 0 Å². The van der Waals surface area contributed by atoms with Gasteiger partial charge in [-0.15, -0.1) is 0 Å². The lowest BCUT2D eigenvalue weighted by molar-refractivity contribution is -0.144. The zero-order valence-electron chi connectivity index (χ0n) is 5.83. The highest BCUT2D eigenvalue weighted by Crippen LogP contribution is 2.32. The van der Waals surface area contributed by atoms with Crippen molar-refractivity contribution in [2.75, 3.05) is 7.11 Å². The van der Waals surface area contributed by atoms with E-state index in [-0.39, 0.29) is 5.92 Å². The van der Waals surface area contributed by atoms with E-state index in [9.17, 15) is 4.79 Å². The van der Waals surface area contributed by atoms with Gasteiger partial charge in [-0.25, -0.2) is 0 Å². The summed E-state index contributed by atoms with van der Waals surface area (Å²) in [7, 11) is 1.43. The van der Waals surface area contributed by atoms with Crippen molar-refractivity contribution in [2.45, 2.75) is 18.9 Å². The van der Waals surface area contributed by atoms with Gasteiger partial charge < -0.3 is 9.94 Å². The Morgan fingerprint density at radius 2 is 2.40 bits per heavy atom. The van der Waals surface area contributed by atoms with Gasteiger partial charge in [-0.05, 0) is 18.8 Å². The fourth-order valence-electron chi connectivity index (χ4n) is 0.905. The molecule has 0 aromatic heterocycles. The Morgan fingerprint density at radius 1 is 1.80 bits per heavy atom. The molecule has 1 fully saturated rings. The number of carbonyl (C=O) groups is 1. The summed E-state index contributed by atoms with van der Waals surface area (Å²) < 4.78 is 0. The fraction of sp³-hybridized carbons (Fsp3) is 0.833. The maximum Gasteiger partial charge on any atom is 0.323 e. The Balaban J connectivity index is 2.34. The zero-order valence-corrected chi connectivity index (χ0v) is 5.83. The SMILES string of the molecule is CONC(C(=O)O)C1CC1. The Bertz CT molecular complexity index is 133. The van der Waals surface area contributed by atoms with Crippen molar-refractivity contribution >= 4 is 5.97 Å². The predicted molar refractivity (Wildman–Crippen MR) is 34.3 cm³/mol. The Morgan fingerprint density at radius 3 is 2.70 bits per heavy atom. The van der Waals surface area contributed by atoms with Crippen LogP contribution in [0.3, 0.4) is 0 Å². The number of rotatable bonds is 4. The molecule has 1 aliphatic carbocycles. The summed E-state index contributed by atoms with van der Waals surface area (Å²) in [6, 6.07) is -0.509. The van der Waals surface area contributed by atoms with Crippen LogP contribution in [0.25, 0.3) is 0 Å². The molecule has 4 heteroatoms. The molecular formula is C6H11NO3. The van der Waals surface area contributed by atoms with Crippen LogP contribution in [0.1, 0.15) is 12.8 Å². The molecule has 0 heterocycles. The molecule has 10 heavy (non-hydrogen) atoms. The molecule has 0 amide bonds. The van der Waals surface area contributed by atoms with Crippen LogP contribution in [0.15, 0.2) is 0 Å². The standard InChI is InChI=1S/C6H11NO3/c1-10-7-5(6(8)9)4-2-3-4/h4-5,7H,2-3H2,1H3,(H,8,9). The van der Waals surface area contributed by atoms with E-state index < -0.39 is 12.0 Å². The minimum atomic E-state index is -0.829. The van der Waals surface area contributed by atoms with Gasteiger partial charge in [0.1, 0.15) is 6.04 Å². The van der Waals surface area contributed by atoms with E-state index in [0.717, 1.165) is 12.8 Å². The summed E-state index contributed by atoms with van der Waals surface area (Å²) in [6.07, 6.45) is 1.99. The van der Waals surface area contributed by atoms with Crippen LogP contribution < -0.4 is 5.48 Å². The maximum atomic E-state index is 10.4. The molecule has 0 aliphatic heterocycles. The molecule has 1 unspecified atom stereocenters. The molecule has 1 saturated carbocycles. The summed E-state index contributed by atoms with van der Waals surface area (Å²) in [5.74, 6) is -0.554. The topological polar surface area (TPSA) is 58.6 Å². The lowest BCUT2D eigenvalue weighted by Crippen LogP contribution is -2.37.